The molecule has 0 spiro atoms. The van der Waals surface area contributed by atoms with Crippen molar-refractivity contribution >= 4 is 0 Å². The van der Waals surface area contributed by atoms with E-state index in [4.69, 9.17) is 0 Å². The van der Waals surface area contributed by atoms with Crippen LogP contribution in [0.4, 0.5) is 4.39 Å². The van der Waals surface area contributed by atoms with Crippen LogP contribution in [0, 0.1) is 19.7 Å². The molecule has 1 nitrogen and oxygen atoms in total. The van der Waals surface area contributed by atoms with E-state index in [1.807, 2.05) is 12.1 Å². The first-order valence-electron chi connectivity index (χ1n) is 7.15. The lowest BCUT2D eigenvalue weighted by Crippen LogP contribution is -2.23. The van der Waals surface area contributed by atoms with Crippen molar-refractivity contribution in [3.05, 3.63) is 70.5 Å². The lowest BCUT2D eigenvalue weighted by atomic mass is 9.94. The van der Waals surface area contributed by atoms with E-state index in [1.54, 1.807) is 0 Å². The van der Waals surface area contributed by atoms with Crippen LogP contribution in [-0.2, 0) is 6.42 Å². The summed E-state index contributed by atoms with van der Waals surface area (Å²) in [5.74, 6) is -0.180. The average molecular weight is 271 g/mol. The van der Waals surface area contributed by atoms with Gasteiger partial charge in [0, 0.05) is 6.04 Å². The minimum Gasteiger partial charge on any atom is -0.310 e. The largest absolute Gasteiger partial charge is 0.310 e. The van der Waals surface area contributed by atoms with Gasteiger partial charge in [-0.25, -0.2) is 4.39 Å². The van der Waals surface area contributed by atoms with E-state index >= 15 is 0 Å². The summed E-state index contributed by atoms with van der Waals surface area (Å²) >= 11 is 0. The van der Waals surface area contributed by atoms with Crippen LogP contribution in [0.1, 0.15) is 35.2 Å². The predicted octanol–water partition coefficient (Wildman–Crippen LogP) is 4.34. The fourth-order valence-corrected chi connectivity index (χ4v) is 2.53. The van der Waals surface area contributed by atoms with Gasteiger partial charge >= 0.3 is 0 Å². The summed E-state index contributed by atoms with van der Waals surface area (Å²) in [6, 6.07) is 13.6. The third-order valence-electron chi connectivity index (χ3n) is 3.61. The van der Waals surface area contributed by atoms with Crippen LogP contribution in [0.15, 0.2) is 42.5 Å². The molecule has 0 aliphatic carbocycles. The Bertz CT molecular complexity index is 560. The summed E-state index contributed by atoms with van der Waals surface area (Å²) in [7, 11) is 0. The zero-order valence-electron chi connectivity index (χ0n) is 12.4. The zero-order valence-corrected chi connectivity index (χ0v) is 12.4. The summed E-state index contributed by atoms with van der Waals surface area (Å²) in [6.07, 6.45) is 0.873. The molecule has 2 aromatic rings. The zero-order chi connectivity index (χ0) is 14.5. The molecular weight excluding hydrogens is 249 g/mol. The molecular formula is C18H22FN. The Kier molecular flexibility index (Phi) is 4.91. The highest BCUT2D eigenvalue weighted by molar-refractivity contribution is 5.34. The van der Waals surface area contributed by atoms with Crippen LogP contribution in [0.5, 0.6) is 0 Å². The Morgan fingerprint density at radius 1 is 1.05 bits per heavy atom. The molecule has 2 rings (SSSR count). The van der Waals surface area contributed by atoms with Crippen molar-refractivity contribution in [3.63, 3.8) is 0 Å². The summed E-state index contributed by atoms with van der Waals surface area (Å²) in [4.78, 5) is 0. The molecule has 0 bridgehead atoms. The van der Waals surface area contributed by atoms with E-state index < -0.39 is 0 Å². The molecule has 0 aliphatic heterocycles. The maximum atomic E-state index is 13.0. The van der Waals surface area contributed by atoms with Crippen LogP contribution in [-0.4, -0.2) is 6.54 Å². The van der Waals surface area contributed by atoms with E-state index in [2.05, 4.69) is 44.3 Å². The highest BCUT2D eigenvalue weighted by atomic mass is 19.1. The van der Waals surface area contributed by atoms with Crippen molar-refractivity contribution < 1.29 is 4.39 Å². The molecule has 0 heterocycles. The van der Waals surface area contributed by atoms with Crippen LogP contribution in [0.2, 0.25) is 0 Å². The number of benzene rings is 2. The quantitative estimate of drug-likeness (QED) is 0.853. The third kappa shape index (κ3) is 3.67. The SMILES string of the molecule is CCNC(Cc1ccc(F)cc1)c1cc(C)ccc1C. The number of hydrogen-bond acceptors (Lipinski definition) is 1. The molecule has 2 heteroatoms. The summed E-state index contributed by atoms with van der Waals surface area (Å²) in [5.41, 5.74) is 5.05. The second-order valence-corrected chi connectivity index (χ2v) is 5.30. The monoisotopic (exact) mass is 271 g/mol. The van der Waals surface area contributed by atoms with Gasteiger partial charge in [-0.15, -0.1) is 0 Å². The Morgan fingerprint density at radius 3 is 2.40 bits per heavy atom. The van der Waals surface area contributed by atoms with Crippen molar-refractivity contribution in [2.24, 2.45) is 0 Å². The smallest absolute Gasteiger partial charge is 0.123 e. The van der Waals surface area contributed by atoms with Gasteiger partial charge in [0.2, 0.25) is 0 Å². The van der Waals surface area contributed by atoms with E-state index in [9.17, 15) is 4.39 Å². The van der Waals surface area contributed by atoms with Gasteiger partial charge in [0.25, 0.3) is 0 Å². The van der Waals surface area contributed by atoms with Crippen molar-refractivity contribution in [1.29, 1.82) is 0 Å². The maximum absolute atomic E-state index is 13.0. The highest BCUT2D eigenvalue weighted by Gasteiger charge is 2.13. The van der Waals surface area contributed by atoms with Gasteiger partial charge in [0.15, 0.2) is 0 Å². The number of likely N-dealkylation sites (N-methyl/N-ethyl adjacent to an activating group) is 1. The normalized spacial score (nSPS) is 12.4. The molecule has 106 valence electrons. The van der Waals surface area contributed by atoms with E-state index in [-0.39, 0.29) is 11.9 Å². The van der Waals surface area contributed by atoms with Crippen molar-refractivity contribution in [1.82, 2.24) is 5.32 Å². The second-order valence-electron chi connectivity index (χ2n) is 5.30. The topological polar surface area (TPSA) is 12.0 Å². The van der Waals surface area contributed by atoms with Gasteiger partial charge < -0.3 is 5.32 Å². The van der Waals surface area contributed by atoms with Gasteiger partial charge in [-0.3, -0.25) is 0 Å². The van der Waals surface area contributed by atoms with Crippen LogP contribution in [0.25, 0.3) is 0 Å². The Balaban J connectivity index is 2.26. The summed E-state index contributed by atoms with van der Waals surface area (Å²) < 4.78 is 13.0. The minimum absolute atomic E-state index is 0.180. The highest BCUT2D eigenvalue weighted by Crippen LogP contribution is 2.23. The second kappa shape index (κ2) is 6.67. The lowest BCUT2D eigenvalue weighted by Gasteiger charge is -2.21. The fraction of sp³-hybridized carbons (Fsp3) is 0.333. The van der Waals surface area contributed by atoms with Gasteiger partial charge in [0.05, 0.1) is 0 Å². The molecule has 0 saturated carbocycles. The molecule has 2 aromatic carbocycles. The molecule has 0 fully saturated rings. The molecule has 1 unspecified atom stereocenters. The van der Waals surface area contributed by atoms with Crippen molar-refractivity contribution in [2.45, 2.75) is 33.2 Å². The van der Waals surface area contributed by atoms with Crippen LogP contribution >= 0.6 is 0 Å². The first-order valence-corrected chi connectivity index (χ1v) is 7.15. The molecule has 0 radical (unpaired) electrons. The molecule has 0 saturated heterocycles. The van der Waals surface area contributed by atoms with Crippen LogP contribution < -0.4 is 5.32 Å². The van der Waals surface area contributed by atoms with E-state index in [0.717, 1.165) is 18.5 Å². The summed E-state index contributed by atoms with van der Waals surface area (Å²) in [5, 5.41) is 3.54. The average Bonchev–Trinajstić information content (AvgIpc) is 2.43. The molecule has 1 N–H and O–H groups in total. The summed E-state index contributed by atoms with van der Waals surface area (Å²) in [6.45, 7) is 7.29. The van der Waals surface area contributed by atoms with Crippen molar-refractivity contribution in [2.75, 3.05) is 6.54 Å². The Labute approximate surface area is 120 Å². The fourth-order valence-electron chi connectivity index (χ4n) is 2.53. The van der Waals surface area contributed by atoms with Gasteiger partial charge in [-0.05, 0) is 55.6 Å². The minimum atomic E-state index is -0.180. The van der Waals surface area contributed by atoms with Gasteiger partial charge in [-0.1, -0.05) is 42.8 Å². The van der Waals surface area contributed by atoms with Gasteiger partial charge in [0.1, 0.15) is 5.82 Å². The van der Waals surface area contributed by atoms with Crippen molar-refractivity contribution in [3.8, 4) is 0 Å². The number of halogens is 1. The number of nitrogens with one attached hydrogen (secondary N) is 1. The maximum Gasteiger partial charge on any atom is 0.123 e. The first-order chi connectivity index (χ1) is 9.60. The predicted molar refractivity (Wildman–Crippen MR) is 82.4 cm³/mol. The third-order valence-corrected chi connectivity index (χ3v) is 3.61. The molecule has 1 atom stereocenters. The number of hydrogen-bond donors (Lipinski definition) is 1. The van der Waals surface area contributed by atoms with Gasteiger partial charge in [-0.2, -0.15) is 0 Å². The lowest BCUT2D eigenvalue weighted by molar-refractivity contribution is 0.546. The van der Waals surface area contributed by atoms with E-state index in [0.29, 0.717) is 0 Å². The Morgan fingerprint density at radius 2 is 1.75 bits per heavy atom. The molecule has 0 aromatic heterocycles. The number of aryl methyl sites for hydroxylation is 2. The Hall–Kier alpha value is -1.67. The van der Waals surface area contributed by atoms with E-state index in [1.165, 1.54) is 28.8 Å². The first kappa shape index (κ1) is 14.7. The standard InChI is InChI=1S/C18H22FN/c1-4-20-18(12-15-7-9-16(19)10-8-15)17-11-13(2)5-6-14(17)3/h5-11,18,20H,4,12H2,1-3H3. The molecule has 0 aliphatic rings. The molecule has 0 amide bonds. The van der Waals surface area contributed by atoms with Crippen LogP contribution in [0.3, 0.4) is 0 Å². The molecule has 20 heavy (non-hydrogen) atoms. The number of rotatable bonds is 5.